The van der Waals surface area contributed by atoms with Gasteiger partial charge in [0.15, 0.2) is 0 Å². The minimum absolute atomic E-state index is 0.0716. The summed E-state index contributed by atoms with van der Waals surface area (Å²) in [5.41, 5.74) is 7.44. The molecule has 0 fully saturated rings. The molecule has 0 spiro atoms. The Labute approximate surface area is 290 Å². The lowest BCUT2D eigenvalue weighted by Gasteiger charge is -2.30. The normalized spacial score (nSPS) is 14.1. The fraction of sp³-hybridized carbons (Fsp3) is 0.643. The van der Waals surface area contributed by atoms with Crippen molar-refractivity contribution >= 4 is 67.7 Å². The molecule has 9 N–H and O–H groups in total. The summed E-state index contributed by atoms with van der Waals surface area (Å²) >= 11 is 11.8. The van der Waals surface area contributed by atoms with E-state index in [2.05, 4.69) is 10.6 Å². The molecule has 0 saturated heterocycles. The van der Waals surface area contributed by atoms with Crippen LogP contribution in [0.4, 0.5) is 5.69 Å². The highest BCUT2D eigenvalue weighted by molar-refractivity contribution is 7.72. The van der Waals surface area contributed by atoms with Crippen molar-refractivity contribution < 1.29 is 53.0 Å². The molecule has 48 heavy (non-hydrogen) atoms. The Hall–Kier alpha value is -2.10. The number of carbonyl (C=O) groups is 4. The average Bonchev–Trinajstić information content (AvgIpc) is 2.99. The second kappa shape index (κ2) is 19.9. The molecule has 0 aliphatic rings. The number of amides is 4. The molecule has 0 aliphatic carbocycles. The van der Waals surface area contributed by atoms with E-state index in [9.17, 15) is 53.0 Å². The summed E-state index contributed by atoms with van der Waals surface area (Å²) in [6.45, 7) is 5.12. The van der Waals surface area contributed by atoms with E-state index in [-0.39, 0.29) is 25.8 Å². The van der Waals surface area contributed by atoms with E-state index in [4.69, 9.17) is 28.9 Å². The number of unbranched alkanes of at least 4 members (excludes halogenated alkanes) is 1. The number of anilines is 1. The maximum absolute atomic E-state index is 13.4. The number of carbonyl (C=O) groups excluding carboxylic acids is 4. The molecule has 0 aromatic heterocycles. The van der Waals surface area contributed by atoms with E-state index in [1.165, 1.54) is 20.8 Å². The number of benzene rings is 1. The van der Waals surface area contributed by atoms with Gasteiger partial charge in [0.2, 0.25) is 17.7 Å². The van der Waals surface area contributed by atoms with Crippen molar-refractivity contribution in [3.63, 3.8) is 0 Å². The Kier molecular flexibility index (Phi) is 18.2. The minimum atomic E-state index is -5.62. The fourth-order valence-electron chi connectivity index (χ4n) is 4.58. The zero-order chi connectivity index (χ0) is 36.9. The van der Waals surface area contributed by atoms with Crippen molar-refractivity contribution in [1.82, 2.24) is 15.5 Å². The van der Waals surface area contributed by atoms with Crippen molar-refractivity contribution in [1.29, 1.82) is 0 Å². The SMILES string of the molecule is C[C@H](N)C(=O)N[C@@H](C)C(=O)N(C(=O)CCCc1ccc(N(CCCl)CCCl)cc1)[C@@H](C)C(=O)NCCCCC(O)(P(=O)(O)O)P(=O)(O)O. The Bertz CT molecular complexity index is 1300. The molecule has 16 nitrogen and oxygen atoms in total. The van der Waals surface area contributed by atoms with Crippen LogP contribution in [0, 0.1) is 0 Å². The lowest BCUT2D eigenvalue weighted by atomic mass is 10.1. The van der Waals surface area contributed by atoms with Crippen molar-refractivity contribution in [2.45, 2.75) is 82.5 Å². The van der Waals surface area contributed by atoms with Crippen LogP contribution in [-0.2, 0) is 34.7 Å². The number of nitrogens with zero attached hydrogens (tertiary/aromatic N) is 2. The standard InChI is InChI=1S/C28H47Cl2N5O11P2/c1-19(31)25(37)33-20(2)27(39)35(21(3)26(38)32-16-5-4-13-28(40,47(41,42)43)48(44,45)46)24(36)8-6-7-22-9-11-23(12-10-22)34(17-14-29)18-15-30/h9-12,19-21,40H,4-8,13-18,31H2,1-3H3,(H,32,38)(H,33,37)(H2,41,42,43)(H2,44,45,46)/t19-,20-,21-/m0/s1. The highest BCUT2D eigenvalue weighted by atomic mass is 35.5. The van der Waals surface area contributed by atoms with E-state index in [1.807, 2.05) is 29.2 Å². The first kappa shape index (κ1) is 43.9. The molecule has 0 saturated carbocycles. The largest absolute Gasteiger partial charge is 0.369 e. The van der Waals surface area contributed by atoms with Crippen molar-refractivity contribution in [3.05, 3.63) is 29.8 Å². The summed E-state index contributed by atoms with van der Waals surface area (Å²) in [5.74, 6) is -2.09. The number of halogens is 2. The van der Waals surface area contributed by atoms with Gasteiger partial charge in [-0.25, -0.2) is 0 Å². The van der Waals surface area contributed by atoms with Crippen LogP contribution in [0.15, 0.2) is 24.3 Å². The van der Waals surface area contributed by atoms with Crippen molar-refractivity contribution in [2.75, 3.05) is 36.3 Å². The summed E-state index contributed by atoms with van der Waals surface area (Å²) < 4.78 is 23.1. The Morgan fingerprint density at radius 2 is 1.44 bits per heavy atom. The summed E-state index contributed by atoms with van der Waals surface area (Å²) in [6, 6.07) is 4.14. The van der Waals surface area contributed by atoms with Gasteiger partial charge in [0.1, 0.15) is 12.1 Å². The Morgan fingerprint density at radius 3 is 1.92 bits per heavy atom. The highest BCUT2D eigenvalue weighted by Crippen LogP contribution is 2.69. The van der Waals surface area contributed by atoms with Crippen LogP contribution in [0.1, 0.15) is 58.4 Å². The highest BCUT2D eigenvalue weighted by Gasteiger charge is 2.58. The minimum Gasteiger partial charge on any atom is -0.369 e. The molecule has 20 heteroatoms. The van der Waals surface area contributed by atoms with Crippen LogP contribution in [-0.4, -0.2) is 108 Å². The Balaban J connectivity index is 2.96. The fourth-order valence-corrected chi connectivity index (χ4v) is 7.25. The number of hydrogen-bond donors (Lipinski definition) is 8. The number of aryl methyl sites for hydroxylation is 1. The molecule has 1 rings (SSSR count). The van der Waals surface area contributed by atoms with E-state index >= 15 is 0 Å². The molecule has 0 unspecified atom stereocenters. The topological polar surface area (TPSA) is 260 Å². The first-order chi connectivity index (χ1) is 22.2. The van der Waals surface area contributed by atoms with Gasteiger partial charge in [-0.1, -0.05) is 12.1 Å². The van der Waals surface area contributed by atoms with Gasteiger partial charge in [0.05, 0.1) is 6.04 Å². The first-order valence-corrected chi connectivity index (χ1v) is 19.5. The van der Waals surface area contributed by atoms with Crippen LogP contribution in [0.2, 0.25) is 0 Å². The quantitative estimate of drug-likeness (QED) is 0.0498. The number of alkyl halides is 2. The number of hydrogen-bond acceptors (Lipinski definition) is 9. The van der Waals surface area contributed by atoms with Crippen LogP contribution in [0.5, 0.6) is 0 Å². The number of imide groups is 1. The average molecular weight is 763 g/mol. The molecular weight excluding hydrogens is 715 g/mol. The van der Waals surface area contributed by atoms with Gasteiger partial charge >= 0.3 is 15.2 Å². The van der Waals surface area contributed by atoms with E-state index < -0.39 is 68.4 Å². The number of nitrogens with one attached hydrogen (secondary N) is 2. The van der Waals surface area contributed by atoms with E-state index in [1.54, 1.807) is 0 Å². The maximum atomic E-state index is 13.4. The first-order valence-electron chi connectivity index (χ1n) is 15.2. The third-order valence-corrected chi connectivity index (χ3v) is 11.7. The van der Waals surface area contributed by atoms with Crippen LogP contribution in [0.3, 0.4) is 0 Å². The van der Waals surface area contributed by atoms with Gasteiger partial charge in [-0.15, -0.1) is 23.2 Å². The number of aliphatic hydroxyl groups is 1. The van der Waals surface area contributed by atoms with Gasteiger partial charge in [-0.2, -0.15) is 0 Å². The van der Waals surface area contributed by atoms with Gasteiger partial charge in [0.25, 0.3) is 11.0 Å². The van der Waals surface area contributed by atoms with Gasteiger partial charge in [-0.05, 0) is 70.6 Å². The van der Waals surface area contributed by atoms with Crippen molar-refractivity contribution in [3.8, 4) is 0 Å². The summed E-state index contributed by atoms with van der Waals surface area (Å²) in [5, 5.41) is 11.3. The smallest absolute Gasteiger partial charge is 0.369 e. The molecule has 3 atom stereocenters. The second-order valence-electron chi connectivity index (χ2n) is 11.3. The van der Waals surface area contributed by atoms with Gasteiger partial charge in [-0.3, -0.25) is 33.2 Å². The molecule has 4 amide bonds. The van der Waals surface area contributed by atoms with Crippen LogP contribution < -0.4 is 21.3 Å². The lowest BCUT2D eigenvalue weighted by molar-refractivity contribution is -0.153. The summed E-state index contributed by atoms with van der Waals surface area (Å²) in [7, 11) is -11.2. The molecule has 0 bridgehead atoms. The predicted octanol–water partition coefficient (Wildman–Crippen LogP) is 1.18. The van der Waals surface area contributed by atoms with Gasteiger partial charge in [0, 0.05) is 43.5 Å². The van der Waals surface area contributed by atoms with Crippen LogP contribution in [0.25, 0.3) is 0 Å². The third-order valence-electron chi connectivity index (χ3n) is 7.45. The molecular formula is C28H47Cl2N5O11P2. The van der Waals surface area contributed by atoms with Gasteiger partial charge < -0.3 is 45.9 Å². The summed E-state index contributed by atoms with van der Waals surface area (Å²) in [4.78, 5) is 91.7. The van der Waals surface area contributed by atoms with Crippen LogP contribution >= 0.6 is 38.4 Å². The zero-order valence-electron chi connectivity index (χ0n) is 27.1. The van der Waals surface area contributed by atoms with Crippen molar-refractivity contribution in [2.24, 2.45) is 5.73 Å². The zero-order valence-corrected chi connectivity index (χ0v) is 30.4. The summed E-state index contributed by atoms with van der Waals surface area (Å²) in [6.07, 6.45) is -0.653. The lowest BCUT2D eigenvalue weighted by Crippen LogP contribution is -2.57. The van der Waals surface area contributed by atoms with E-state index in [0.29, 0.717) is 37.7 Å². The maximum Gasteiger partial charge on any atom is 0.369 e. The molecule has 0 radical (unpaired) electrons. The molecule has 0 heterocycles. The predicted molar refractivity (Wildman–Crippen MR) is 182 cm³/mol. The molecule has 0 aliphatic heterocycles. The third kappa shape index (κ3) is 13.0. The van der Waals surface area contributed by atoms with E-state index in [0.717, 1.165) is 16.2 Å². The molecule has 1 aromatic rings. The monoisotopic (exact) mass is 761 g/mol. The molecule has 274 valence electrons. The molecule has 1 aromatic carbocycles. The number of rotatable bonds is 21. The number of nitrogens with two attached hydrogens (primary N) is 1. The second-order valence-corrected chi connectivity index (χ2v) is 16.1. The Morgan fingerprint density at radius 1 is 0.896 bits per heavy atom.